The van der Waals surface area contributed by atoms with Gasteiger partial charge in [0.2, 0.25) is 0 Å². The van der Waals surface area contributed by atoms with Crippen LogP contribution < -0.4 is 11.1 Å². The molecule has 0 spiro atoms. The zero-order valence-electron chi connectivity index (χ0n) is 10.6. The van der Waals surface area contributed by atoms with E-state index in [4.69, 9.17) is 10.9 Å². The van der Waals surface area contributed by atoms with Crippen molar-refractivity contribution in [3.63, 3.8) is 0 Å². The average Bonchev–Trinajstić information content (AvgIpc) is 2.32. The third kappa shape index (κ3) is 4.55. The van der Waals surface area contributed by atoms with Gasteiger partial charge in [-0.2, -0.15) is 0 Å². The summed E-state index contributed by atoms with van der Waals surface area (Å²) in [6, 6.07) is 4.34. The molecule has 0 bridgehead atoms. The van der Waals surface area contributed by atoms with Gasteiger partial charge in [-0.1, -0.05) is 16.8 Å². The third-order valence-electron chi connectivity index (χ3n) is 2.34. The number of oxime groups is 1. The van der Waals surface area contributed by atoms with Gasteiger partial charge in [-0.05, 0) is 37.6 Å². The molecule has 0 saturated carbocycles. The topological polar surface area (TPSA) is 70.6 Å². The maximum Gasteiger partial charge on any atom is 0.170 e. The van der Waals surface area contributed by atoms with Gasteiger partial charge in [0.1, 0.15) is 5.82 Å². The van der Waals surface area contributed by atoms with Crippen LogP contribution in [0.5, 0.6) is 0 Å². The van der Waals surface area contributed by atoms with Crippen LogP contribution in [-0.2, 0) is 6.54 Å². The molecule has 0 fully saturated rings. The van der Waals surface area contributed by atoms with Crippen LogP contribution >= 0.6 is 0 Å². The van der Waals surface area contributed by atoms with Gasteiger partial charge in [0.25, 0.3) is 0 Å². The highest BCUT2D eigenvalue weighted by Gasteiger charge is 2.04. The van der Waals surface area contributed by atoms with Crippen LogP contribution in [0.4, 0.5) is 4.39 Å². The van der Waals surface area contributed by atoms with E-state index in [2.05, 4.69) is 10.5 Å². The van der Waals surface area contributed by atoms with E-state index in [1.165, 1.54) is 17.7 Å². The molecule has 0 aliphatic rings. The van der Waals surface area contributed by atoms with Crippen molar-refractivity contribution >= 4 is 5.84 Å². The molecular weight excluding hydrogens is 233 g/mol. The second-order valence-corrected chi connectivity index (χ2v) is 4.25. The van der Waals surface area contributed by atoms with Gasteiger partial charge in [-0.3, -0.25) is 0 Å². The van der Waals surface area contributed by atoms with Gasteiger partial charge in [0.05, 0.1) is 0 Å². The number of benzene rings is 1. The summed E-state index contributed by atoms with van der Waals surface area (Å²) >= 11 is 0. The monoisotopic (exact) mass is 251 g/mol. The van der Waals surface area contributed by atoms with Crippen molar-refractivity contribution in [2.45, 2.75) is 20.4 Å². The van der Waals surface area contributed by atoms with Gasteiger partial charge in [0.15, 0.2) is 5.84 Å². The number of allylic oxidation sites excluding steroid dienone is 1. The van der Waals surface area contributed by atoms with Crippen molar-refractivity contribution in [3.05, 3.63) is 46.8 Å². The van der Waals surface area contributed by atoms with Crippen LogP contribution in [-0.4, -0.2) is 17.6 Å². The van der Waals surface area contributed by atoms with E-state index in [1.54, 1.807) is 6.07 Å². The van der Waals surface area contributed by atoms with Gasteiger partial charge in [-0.15, -0.1) is 0 Å². The zero-order chi connectivity index (χ0) is 13.5. The smallest absolute Gasteiger partial charge is 0.170 e. The molecule has 5 heteroatoms. The molecule has 0 aliphatic carbocycles. The zero-order valence-corrected chi connectivity index (χ0v) is 10.6. The molecule has 0 aliphatic heterocycles. The number of nitrogens with two attached hydrogens (primary N) is 1. The second-order valence-electron chi connectivity index (χ2n) is 4.25. The first-order valence-electron chi connectivity index (χ1n) is 5.64. The number of nitrogens with zero attached hydrogens (tertiary/aromatic N) is 1. The van der Waals surface area contributed by atoms with Crippen LogP contribution in [0.25, 0.3) is 0 Å². The Balaban J connectivity index is 2.72. The number of hydrogen-bond donors (Lipinski definition) is 3. The molecule has 1 rings (SSSR count). The lowest BCUT2D eigenvalue weighted by Gasteiger charge is -2.06. The SMILES string of the molecule is CC(C)=CCNCc1cc(F)cc(/C(N)=N/O)c1. The summed E-state index contributed by atoms with van der Waals surface area (Å²) in [7, 11) is 0. The molecule has 1 aromatic carbocycles. The molecule has 98 valence electrons. The van der Waals surface area contributed by atoms with E-state index in [0.29, 0.717) is 12.1 Å². The van der Waals surface area contributed by atoms with E-state index in [-0.39, 0.29) is 5.84 Å². The largest absolute Gasteiger partial charge is 0.409 e. The van der Waals surface area contributed by atoms with E-state index < -0.39 is 5.82 Å². The third-order valence-corrected chi connectivity index (χ3v) is 2.34. The lowest BCUT2D eigenvalue weighted by Crippen LogP contribution is -2.16. The van der Waals surface area contributed by atoms with E-state index in [9.17, 15) is 4.39 Å². The summed E-state index contributed by atoms with van der Waals surface area (Å²) in [5.74, 6) is -0.502. The Kier molecular flexibility index (Phi) is 5.32. The first-order valence-corrected chi connectivity index (χ1v) is 5.64. The fourth-order valence-corrected chi connectivity index (χ4v) is 1.45. The number of amidine groups is 1. The Hall–Kier alpha value is -1.88. The van der Waals surface area contributed by atoms with Gasteiger partial charge < -0.3 is 16.3 Å². The fourth-order valence-electron chi connectivity index (χ4n) is 1.45. The molecule has 4 N–H and O–H groups in total. The average molecular weight is 251 g/mol. The van der Waals surface area contributed by atoms with Gasteiger partial charge in [-0.25, -0.2) is 4.39 Å². The summed E-state index contributed by atoms with van der Waals surface area (Å²) in [5.41, 5.74) is 7.77. The molecular formula is C13H18FN3O. The minimum atomic E-state index is -0.405. The minimum Gasteiger partial charge on any atom is -0.409 e. The number of halogens is 1. The lowest BCUT2D eigenvalue weighted by atomic mass is 10.1. The van der Waals surface area contributed by atoms with Crippen LogP contribution in [0.1, 0.15) is 25.0 Å². The summed E-state index contributed by atoms with van der Waals surface area (Å²) < 4.78 is 13.3. The molecule has 0 aromatic heterocycles. The number of hydrogen-bond acceptors (Lipinski definition) is 3. The van der Waals surface area contributed by atoms with Crippen LogP contribution in [0.2, 0.25) is 0 Å². The predicted octanol–water partition coefficient (Wildman–Crippen LogP) is 1.98. The van der Waals surface area contributed by atoms with Crippen molar-refractivity contribution < 1.29 is 9.60 Å². The minimum absolute atomic E-state index is 0.0972. The van der Waals surface area contributed by atoms with E-state index in [0.717, 1.165) is 12.1 Å². The van der Waals surface area contributed by atoms with Gasteiger partial charge >= 0.3 is 0 Å². The predicted molar refractivity (Wildman–Crippen MR) is 70.0 cm³/mol. The van der Waals surface area contributed by atoms with Crippen molar-refractivity contribution in [3.8, 4) is 0 Å². The Bertz CT molecular complexity index is 465. The van der Waals surface area contributed by atoms with Crippen LogP contribution in [0.15, 0.2) is 35.0 Å². The first kappa shape index (κ1) is 14.2. The fraction of sp³-hybridized carbons (Fsp3) is 0.308. The highest BCUT2D eigenvalue weighted by Crippen LogP contribution is 2.09. The van der Waals surface area contributed by atoms with Crippen LogP contribution in [0.3, 0.4) is 0 Å². The van der Waals surface area contributed by atoms with Crippen LogP contribution in [0, 0.1) is 5.82 Å². The van der Waals surface area contributed by atoms with E-state index >= 15 is 0 Å². The molecule has 0 unspecified atom stereocenters. The maximum absolute atomic E-state index is 13.3. The first-order chi connectivity index (χ1) is 8.52. The summed E-state index contributed by atoms with van der Waals surface area (Å²) in [4.78, 5) is 0. The molecule has 0 amide bonds. The molecule has 0 atom stereocenters. The lowest BCUT2D eigenvalue weighted by molar-refractivity contribution is 0.318. The number of nitrogens with one attached hydrogen (secondary N) is 1. The Labute approximate surface area is 106 Å². The Morgan fingerprint density at radius 3 is 2.78 bits per heavy atom. The van der Waals surface area contributed by atoms with Gasteiger partial charge in [0, 0.05) is 18.7 Å². The quantitative estimate of drug-likeness (QED) is 0.187. The summed E-state index contributed by atoms with van der Waals surface area (Å²) in [6.45, 7) is 5.27. The van der Waals surface area contributed by atoms with E-state index in [1.807, 2.05) is 19.9 Å². The summed E-state index contributed by atoms with van der Waals surface area (Å²) in [5, 5.41) is 14.6. The molecule has 0 heterocycles. The normalized spacial score (nSPS) is 11.4. The highest BCUT2D eigenvalue weighted by molar-refractivity contribution is 5.97. The molecule has 0 saturated heterocycles. The van der Waals surface area contributed by atoms with Crippen molar-refractivity contribution in [2.75, 3.05) is 6.54 Å². The summed E-state index contributed by atoms with van der Waals surface area (Å²) in [6.07, 6.45) is 2.05. The van der Waals surface area contributed by atoms with Crippen molar-refractivity contribution in [2.24, 2.45) is 10.9 Å². The molecule has 4 nitrogen and oxygen atoms in total. The van der Waals surface area contributed by atoms with Crippen molar-refractivity contribution in [1.82, 2.24) is 5.32 Å². The molecule has 1 aromatic rings. The number of rotatable bonds is 5. The maximum atomic E-state index is 13.3. The molecule has 18 heavy (non-hydrogen) atoms. The molecule has 0 radical (unpaired) electrons. The Morgan fingerprint density at radius 2 is 2.17 bits per heavy atom. The van der Waals surface area contributed by atoms with Crippen molar-refractivity contribution in [1.29, 1.82) is 0 Å². The Morgan fingerprint density at radius 1 is 1.44 bits per heavy atom. The standard InChI is InChI=1S/C13H18FN3O/c1-9(2)3-4-16-8-10-5-11(13(15)17-18)7-12(14)6-10/h3,5-7,16,18H,4,8H2,1-2H3,(H2,15,17). The highest BCUT2D eigenvalue weighted by atomic mass is 19.1. The second kappa shape index (κ2) is 6.76.